The first-order valence-corrected chi connectivity index (χ1v) is 8.65. The Bertz CT molecular complexity index is 762. The average molecular weight is 353 g/mol. The zero-order valence-electron chi connectivity index (χ0n) is 14.5. The minimum atomic E-state index is -0.481. The number of hydrogen-bond donors (Lipinski definition) is 2. The second-order valence-corrected chi connectivity index (χ2v) is 6.47. The maximum absolute atomic E-state index is 12.4. The highest BCUT2D eigenvalue weighted by atomic mass is 16.5. The van der Waals surface area contributed by atoms with Crippen molar-refractivity contribution < 1.29 is 14.3 Å². The molecule has 4 N–H and O–H groups in total. The molecule has 0 aliphatic carbocycles. The van der Waals surface area contributed by atoms with E-state index in [4.69, 9.17) is 16.2 Å². The first-order chi connectivity index (χ1) is 12.5. The number of primary amides is 1. The fraction of sp³-hybridized carbons (Fsp3) is 0.300. The topological polar surface area (TPSA) is 98.7 Å². The molecule has 0 unspecified atom stereocenters. The highest BCUT2D eigenvalue weighted by Gasteiger charge is 2.33. The van der Waals surface area contributed by atoms with Gasteiger partial charge in [-0.25, -0.2) is 0 Å². The van der Waals surface area contributed by atoms with Crippen molar-refractivity contribution in [3.8, 4) is 5.75 Å². The molecule has 136 valence electrons. The third-order valence-corrected chi connectivity index (χ3v) is 4.67. The van der Waals surface area contributed by atoms with Crippen molar-refractivity contribution >= 4 is 11.8 Å². The Morgan fingerprint density at radius 1 is 1.04 bits per heavy atom. The normalized spacial score (nSPS) is 19.3. The zero-order valence-corrected chi connectivity index (χ0v) is 14.5. The molecule has 2 aromatic carbocycles. The number of hydrogen-bond acceptors (Lipinski definition) is 4. The third-order valence-electron chi connectivity index (χ3n) is 4.67. The van der Waals surface area contributed by atoms with Crippen molar-refractivity contribution in [2.24, 2.45) is 11.5 Å². The summed E-state index contributed by atoms with van der Waals surface area (Å²) in [7, 11) is 0. The molecule has 0 saturated carbocycles. The Morgan fingerprint density at radius 3 is 2.38 bits per heavy atom. The molecule has 1 aliphatic heterocycles. The lowest BCUT2D eigenvalue weighted by Crippen LogP contribution is -2.32. The first-order valence-electron chi connectivity index (χ1n) is 8.65. The molecule has 6 heteroatoms. The standard InChI is InChI=1S/C20H23N3O3/c21-18-13-23(12-17(18)14-4-2-1-3-5-14)19(24)10-11-26-16-8-6-15(7-9-16)20(22)25/h1-9,17-18H,10-13,21H2,(H2,22,25)/t17-,18+/m0/s1. The fourth-order valence-corrected chi connectivity index (χ4v) is 3.22. The van der Waals surface area contributed by atoms with E-state index in [-0.39, 0.29) is 30.9 Å². The van der Waals surface area contributed by atoms with Gasteiger partial charge >= 0.3 is 0 Å². The fourth-order valence-electron chi connectivity index (χ4n) is 3.22. The molecule has 2 amide bonds. The van der Waals surface area contributed by atoms with E-state index in [1.807, 2.05) is 23.1 Å². The van der Waals surface area contributed by atoms with E-state index in [0.29, 0.717) is 24.4 Å². The van der Waals surface area contributed by atoms with Gasteiger partial charge in [-0.1, -0.05) is 30.3 Å². The van der Waals surface area contributed by atoms with E-state index in [2.05, 4.69) is 12.1 Å². The number of nitrogens with two attached hydrogens (primary N) is 2. The quantitative estimate of drug-likeness (QED) is 0.822. The highest BCUT2D eigenvalue weighted by Crippen LogP contribution is 2.26. The summed E-state index contributed by atoms with van der Waals surface area (Å²) in [5.41, 5.74) is 13.0. The number of carbonyl (C=O) groups is 2. The smallest absolute Gasteiger partial charge is 0.248 e. The van der Waals surface area contributed by atoms with Crippen LogP contribution in [0.1, 0.15) is 28.3 Å². The van der Waals surface area contributed by atoms with Crippen LogP contribution in [0.25, 0.3) is 0 Å². The van der Waals surface area contributed by atoms with Crippen LogP contribution < -0.4 is 16.2 Å². The van der Waals surface area contributed by atoms with Crippen LogP contribution in [0.3, 0.4) is 0 Å². The molecular formula is C20H23N3O3. The summed E-state index contributed by atoms with van der Waals surface area (Å²) >= 11 is 0. The number of rotatable bonds is 6. The summed E-state index contributed by atoms with van der Waals surface area (Å²) in [4.78, 5) is 25.3. The van der Waals surface area contributed by atoms with Crippen LogP contribution in [-0.4, -0.2) is 42.5 Å². The second kappa shape index (κ2) is 8.01. The van der Waals surface area contributed by atoms with Crippen molar-refractivity contribution in [2.45, 2.75) is 18.4 Å². The predicted molar refractivity (Wildman–Crippen MR) is 98.8 cm³/mol. The zero-order chi connectivity index (χ0) is 18.5. The van der Waals surface area contributed by atoms with Gasteiger partial charge in [0.05, 0.1) is 13.0 Å². The number of ether oxygens (including phenoxy) is 1. The number of carbonyl (C=O) groups excluding carboxylic acids is 2. The van der Waals surface area contributed by atoms with Crippen molar-refractivity contribution in [3.63, 3.8) is 0 Å². The van der Waals surface area contributed by atoms with Gasteiger partial charge in [-0.05, 0) is 29.8 Å². The maximum atomic E-state index is 12.4. The minimum absolute atomic E-state index is 0.0348. The van der Waals surface area contributed by atoms with Crippen LogP contribution in [0, 0.1) is 0 Å². The van der Waals surface area contributed by atoms with E-state index in [1.165, 1.54) is 5.56 Å². The number of likely N-dealkylation sites (tertiary alicyclic amines) is 1. The summed E-state index contributed by atoms with van der Waals surface area (Å²) in [5, 5.41) is 0. The summed E-state index contributed by atoms with van der Waals surface area (Å²) in [6, 6.07) is 16.5. The van der Waals surface area contributed by atoms with Gasteiger partial charge in [-0.3, -0.25) is 9.59 Å². The van der Waals surface area contributed by atoms with Gasteiger partial charge in [0.2, 0.25) is 11.8 Å². The molecule has 0 radical (unpaired) electrons. The summed E-state index contributed by atoms with van der Waals surface area (Å²) in [5.74, 6) is 0.322. The monoisotopic (exact) mass is 353 g/mol. The number of benzene rings is 2. The van der Waals surface area contributed by atoms with Gasteiger partial charge in [-0.2, -0.15) is 0 Å². The Labute approximate surface area is 152 Å². The molecule has 26 heavy (non-hydrogen) atoms. The van der Waals surface area contributed by atoms with E-state index in [9.17, 15) is 9.59 Å². The first kappa shape index (κ1) is 17.9. The summed E-state index contributed by atoms with van der Waals surface area (Å²) in [6.45, 7) is 1.47. The van der Waals surface area contributed by atoms with Gasteiger partial charge in [-0.15, -0.1) is 0 Å². The molecule has 1 aliphatic rings. The highest BCUT2D eigenvalue weighted by molar-refractivity contribution is 5.92. The molecule has 1 heterocycles. The Morgan fingerprint density at radius 2 is 1.73 bits per heavy atom. The molecule has 0 aromatic heterocycles. The van der Waals surface area contributed by atoms with Gasteiger partial charge in [0.15, 0.2) is 0 Å². The summed E-state index contributed by atoms with van der Waals surface area (Å²) in [6.07, 6.45) is 0.284. The Balaban J connectivity index is 1.49. The predicted octanol–water partition coefficient (Wildman–Crippen LogP) is 1.51. The van der Waals surface area contributed by atoms with E-state index >= 15 is 0 Å². The largest absolute Gasteiger partial charge is 0.493 e. The lowest BCUT2D eigenvalue weighted by molar-refractivity contribution is -0.130. The molecule has 1 saturated heterocycles. The number of amides is 2. The van der Waals surface area contributed by atoms with Crippen LogP contribution in [0.15, 0.2) is 54.6 Å². The SMILES string of the molecule is NC(=O)c1ccc(OCCC(=O)N2C[C@@H](N)[C@H](c3ccccc3)C2)cc1. The van der Waals surface area contributed by atoms with Gasteiger partial charge in [0.25, 0.3) is 0 Å². The number of nitrogens with zero attached hydrogens (tertiary/aromatic N) is 1. The maximum Gasteiger partial charge on any atom is 0.248 e. The molecule has 2 atom stereocenters. The van der Waals surface area contributed by atoms with Crippen LogP contribution in [0.4, 0.5) is 0 Å². The minimum Gasteiger partial charge on any atom is -0.493 e. The molecular weight excluding hydrogens is 330 g/mol. The average Bonchev–Trinajstić information content (AvgIpc) is 3.04. The van der Waals surface area contributed by atoms with Crippen LogP contribution in [0.2, 0.25) is 0 Å². The van der Waals surface area contributed by atoms with Crippen LogP contribution >= 0.6 is 0 Å². The molecule has 2 aromatic rings. The lowest BCUT2D eigenvalue weighted by atomic mass is 9.95. The lowest BCUT2D eigenvalue weighted by Gasteiger charge is -2.16. The van der Waals surface area contributed by atoms with Crippen LogP contribution in [0.5, 0.6) is 5.75 Å². The van der Waals surface area contributed by atoms with Crippen LogP contribution in [-0.2, 0) is 4.79 Å². The third kappa shape index (κ3) is 4.21. The molecule has 3 rings (SSSR count). The van der Waals surface area contributed by atoms with E-state index < -0.39 is 5.91 Å². The van der Waals surface area contributed by atoms with Gasteiger partial charge in [0, 0.05) is 30.6 Å². The van der Waals surface area contributed by atoms with Crippen molar-refractivity contribution in [1.82, 2.24) is 4.90 Å². The van der Waals surface area contributed by atoms with E-state index in [0.717, 1.165) is 0 Å². The van der Waals surface area contributed by atoms with Crippen molar-refractivity contribution in [2.75, 3.05) is 19.7 Å². The molecule has 6 nitrogen and oxygen atoms in total. The Kier molecular flexibility index (Phi) is 5.53. The summed E-state index contributed by atoms with van der Waals surface area (Å²) < 4.78 is 5.58. The van der Waals surface area contributed by atoms with Crippen molar-refractivity contribution in [3.05, 3.63) is 65.7 Å². The van der Waals surface area contributed by atoms with Gasteiger partial charge < -0.3 is 21.1 Å². The second-order valence-electron chi connectivity index (χ2n) is 6.47. The molecule has 0 spiro atoms. The molecule has 0 bridgehead atoms. The van der Waals surface area contributed by atoms with Crippen molar-refractivity contribution in [1.29, 1.82) is 0 Å². The molecule has 1 fully saturated rings. The van der Waals surface area contributed by atoms with Gasteiger partial charge in [0.1, 0.15) is 5.75 Å². The van der Waals surface area contributed by atoms with E-state index in [1.54, 1.807) is 24.3 Å². The Hall–Kier alpha value is -2.86.